The van der Waals surface area contributed by atoms with Crippen molar-refractivity contribution in [2.45, 2.75) is 32.1 Å². The second-order valence-corrected chi connectivity index (χ2v) is 6.07. The van der Waals surface area contributed by atoms with Crippen molar-refractivity contribution in [3.8, 4) is 5.75 Å². The Labute approximate surface area is 141 Å². The molecule has 1 N–H and O–H groups in total. The number of carbonyl (C=O) groups excluding carboxylic acids is 1. The van der Waals surface area contributed by atoms with Gasteiger partial charge < -0.3 is 9.84 Å². The first-order valence-corrected chi connectivity index (χ1v) is 8.16. The summed E-state index contributed by atoms with van der Waals surface area (Å²) in [6.45, 7) is 4.23. The van der Waals surface area contributed by atoms with E-state index in [0.717, 1.165) is 17.5 Å². The fourth-order valence-electron chi connectivity index (χ4n) is 3.43. The Hall–Kier alpha value is -2.62. The second kappa shape index (κ2) is 6.11. The van der Waals surface area contributed by atoms with Crippen molar-refractivity contribution in [3.63, 3.8) is 0 Å². The van der Waals surface area contributed by atoms with E-state index in [0.29, 0.717) is 24.3 Å². The van der Waals surface area contributed by atoms with Gasteiger partial charge in [0.05, 0.1) is 16.5 Å². The summed E-state index contributed by atoms with van der Waals surface area (Å²) in [5, 5.41) is 9.46. The van der Waals surface area contributed by atoms with Gasteiger partial charge in [0, 0.05) is 12.0 Å². The average Bonchev–Trinajstić information content (AvgIpc) is 3.00. The first-order valence-electron chi connectivity index (χ1n) is 8.16. The smallest absolute Gasteiger partial charge is 0.335 e. The summed E-state index contributed by atoms with van der Waals surface area (Å²) in [5.74, 6) is -0.597. The highest BCUT2D eigenvalue weighted by Crippen LogP contribution is 2.48. The van der Waals surface area contributed by atoms with Gasteiger partial charge in [-0.3, -0.25) is 4.79 Å². The predicted molar refractivity (Wildman–Crippen MR) is 91.0 cm³/mol. The van der Waals surface area contributed by atoms with Crippen LogP contribution < -0.4 is 4.74 Å². The van der Waals surface area contributed by atoms with Crippen LogP contribution >= 0.6 is 0 Å². The molecule has 1 aliphatic heterocycles. The van der Waals surface area contributed by atoms with Crippen LogP contribution in [-0.4, -0.2) is 23.5 Å². The lowest BCUT2D eigenvalue weighted by molar-refractivity contribution is 0.0696. The zero-order valence-electron chi connectivity index (χ0n) is 13.8. The molecular formula is C20H20O4. The SMILES string of the molecule is CCC(=O)c1cc(C(=O)O)cc2c1OC[C@@]2(CC)c1ccccc1. The average molecular weight is 324 g/mol. The quantitative estimate of drug-likeness (QED) is 0.842. The topological polar surface area (TPSA) is 63.6 Å². The van der Waals surface area contributed by atoms with Gasteiger partial charge in [-0.15, -0.1) is 0 Å². The van der Waals surface area contributed by atoms with E-state index in [1.165, 1.54) is 6.07 Å². The number of hydrogen-bond acceptors (Lipinski definition) is 3. The van der Waals surface area contributed by atoms with E-state index in [1.807, 2.05) is 30.3 Å². The van der Waals surface area contributed by atoms with Crippen molar-refractivity contribution in [1.82, 2.24) is 0 Å². The highest BCUT2D eigenvalue weighted by Gasteiger charge is 2.43. The van der Waals surface area contributed by atoms with Crippen molar-refractivity contribution < 1.29 is 19.4 Å². The summed E-state index contributed by atoms with van der Waals surface area (Å²) < 4.78 is 5.93. The third-order valence-corrected chi connectivity index (χ3v) is 4.87. The molecule has 2 aromatic carbocycles. The van der Waals surface area contributed by atoms with Gasteiger partial charge in [-0.25, -0.2) is 4.79 Å². The Morgan fingerprint density at radius 1 is 1.17 bits per heavy atom. The molecule has 0 saturated heterocycles. The molecule has 0 saturated carbocycles. The van der Waals surface area contributed by atoms with Crippen molar-refractivity contribution in [3.05, 3.63) is 64.7 Å². The predicted octanol–water partition coefficient (Wildman–Crippen LogP) is 4.07. The molecule has 0 aliphatic carbocycles. The Kier molecular flexibility index (Phi) is 4.14. The van der Waals surface area contributed by atoms with E-state index in [-0.39, 0.29) is 11.3 Å². The zero-order chi connectivity index (χ0) is 17.3. The molecule has 0 amide bonds. The molecular weight excluding hydrogens is 304 g/mol. The van der Waals surface area contributed by atoms with Gasteiger partial charge in [-0.2, -0.15) is 0 Å². The molecule has 3 rings (SSSR count). The molecule has 24 heavy (non-hydrogen) atoms. The molecule has 4 nitrogen and oxygen atoms in total. The Bertz CT molecular complexity index is 795. The lowest BCUT2D eigenvalue weighted by Gasteiger charge is -2.27. The zero-order valence-corrected chi connectivity index (χ0v) is 13.8. The highest BCUT2D eigenvalue weighted by atomic mass is 16.5. The minimum absolute atomic E-state index is 0.102. The van der Waals surface area contributed by atoms with E-state index in [1.54, 1.807) is 13.0 Å². The summed E-state index contributed by atoms with van der Waals surface area (Å²) in [4.78, 5) is 23.9. The normalized spacial score (nSPS) is 18.8. The van der Waals surface area contributed by atoms with Crippen molar-refractivity contribution in [2.24, 2.45) is 0 Å². The molecule has 1 aliphatic rings. The summed E-state index contributed by atoms with van der Waals surface area (Å²) in [5.41, 5.74) is 1.95. The Balaban J connectivity index is 2.28. The molecule has 0 radical (unpaired) electrons. The van der Waals surface area contributed by atoms with Crippen molar-refractivity contribution in [2.75, 3.05) is 6.61 Å². The van der Waals surface area contributed by atoms with Crippen LogP contribution in [0.15, 0.2) is 42.5 Å². The Morgan fingerprint density at radius 2 is 1.88 bits per heavy atom. The van der Waals surface area contributed by atoms with Gasteiger partial charge in [0.2, 0.25) is 0 Å². The van der Waals surface area contributed by atoms with Crippen LogP contribution in [0.5, 0.6) is 5.75 Å². The van der Waals surface area contributed by atoms with Crippen molar-refractivity contribution in [1.29, 1.82) is 0 Å². The molecule has 1 atom stereocenters. The molecule has 0 aromatic heterocycles. The van der Waals surface area contributed by atoms with Crippen LogP contribution in [0, 0.1) is 0 Å². The molecule has 1 heterocycles. The highest BCUT2D eigenvalue weighted by molar-refractivity contribution is 6.02. The Morgan fingerprint density at radius 3 is 2.46 bits per heavy atom. The maximum atomic E-state index is 12.3. The number of carboxylic acids is 1. The molecule has 0 spiro atoms. The number of carboxylic acid groups (broad SMARTS) is 1. The van der Waals surface area contributed by atoms with Crippen molar-refractivity contribution >= 4 is 11.8 Å². The molecule has 124 valence electrons. The number of aromatic carboxylic acids is 1. The first kappa shape index (κ1) is 16.2. The summed E-state index contributed by atoms with van der Waals surface area (Å²) in [6, 6.07) is 13.0. The molecule has 0 unspecified atom stereocenters. The molecule has 2 aromatic rings. The van der Waals surface area contributed by atoms with Crippen LogP contribution in [0.3, 0.4) is 0 Å². The number of fused-ring (bicyclic) bond motifs is 1. The van der Waals surface area contributed by atoms with Crippen LogP contribution in [0.25, 0.3) is 0 Å². The summed E-state index contributed by atoms with van der Waals surface area (Å²) in [7, 11) is 0. The number of rotatable bonds is 5. The van der Waals surface area contributed by atoms with Gasteiger partial charge >= 0.3 is 5.97 Å². The van der Waals surface area contributed by atoms with Crippen LogP contribution in [0.2, 0.25) is 0 Å². The number of Topliss-reactive ketones (excluding diaryl/α,β-unsaturated/α-hetero) is 1. The monoisotopic (exact) mass is 324 g/mol. The third-order valence-electron chi connectivity index (χ3n) is 4.87. The van der Waals surface area contributed by atoms with Crippen LogP contribution in [0.1, 0.15) is 58.5 Å². The van der Waals surface area contributed by atoms with E-state index in [4.69, 9.17) is 4.74 Å². The number of hydrogen-bond donors (Lipinski definition) is 1. The first-order chi connectivity index (χ1) is 11.5. The van der Waals surface area contributed by atoms with Crippen LogP contribution in [-0.2, 0) is 5.41 Å². The fraction of sp³-hybridized carbons (Fsp3) is 0.300. The van der Waals surface area contributed by atoms with Gasteiger partial charge in [0.1, 0.15) is 12.4 Å². The largest absolute Gasteiger partial charge is 0.491 e. The lowest BCUT2D eigenvalue weighted by atomic mass is 9.73. The van der Waals surface area contributed by atoms with Gasteiger partial charge in [0.15, 0.2) is 5.78 Å². The van der Waals surface area contributed by atoms with Crippen LogP contribution in [0.4, 0.5) is 0 Å². The third kappa shape index (κ3) is 2.39. The second-order valence-electron chi connectivity index (χ2n) is 6.07. The van der Waals surface area contributed by atoms with Gasteiger partial charge in [0.25, 0.3) is 0 Å². The number of carbonyl (C=O) groups is 2. The van der Waals surface area contributed by atoms with E-state index in [9.17, 15) is 14.7 Å². The number of benzene rings is 2. The number of ketones is 1. The summed E-state index contributed by atoms with van der Waals surface area (Å²) >= 11 is 0. The lowest BCUT2D eigenvalue weighted by Crippen LogP contribution is -2.28. The molecule has 0 fully saturated rings. The minimum Gasteiger partial charge on any atom is -0.491 e. The maximum Gasteiger partial charge on any atom is 0.335 e. The molecule has 4 heteroatoms. The summed E-state index contributed by atoms with van der Waals surface area (Å²) in [6.07, 6.45) is 1.07. The minimum atomic E-state index is -1.03. The van der Waals surface area contributed by atoms with Gasteiger partial charge in [-0.1, -0.05) is 44.2 Å². The fourth-order valence-corrected chi connectivity index (χ4v) is 3.43. The number of ether oxygens (including phenoxy) is 1. The van der Waals surface area contributed by atoms with Gasteiger partial charge in [-0.05, 0) is 24.1 Å². The van der Waals surface area contributed by atoms with E-state index >= 15 is 0 Å². The maximum absolute atomic E-state index is 12.3. The standard InChI is InChI=1S/C20H20O4/c1-3-17(21)15-10-13(19(22)23)11-16-18(15)24-12-20(16,4-2)14-8-6-5-7-9-14/h5-11H,3-4,12H2,1-2H3,(H,22,23)/t20-/m0/s1. The van der Waals surface area contributed by atoms with E-state index in [2.05, 4.69) is 6.92 Å². The van der Waals surface area contributed by atoms with E-state index < -0.39 is 11.4 Å². The molecule has 0 bridgehead atoms.